The summed E-state index contributed by atoms with van der Waals surface area (Å²) in [7, 11) is 0. The van der Waals surface area contributed by atoms with Crippen molar-refractivity contribution in [2.24, 2.45) is 0 Å². The number of rotatable bonds is 7. The topological polar surface area (TPSA) is 103 Å². The monoisotopic (exact) mass is 437 g/mol. The number of benzene rings is 2. The summed E-state index contributed by atoms with van der Waals surface area (Å²) in [6, 6.07) is 16.1. The first kappa shape index (κ1) is 21.0. The first-order valence-corrected chi connectivity index (χ1v) is 11.3. The van der Waals surface area contributed by atoms with Crippen molar-refractivity contribution in [3.8, 4) is 17.1 Å². The standard InChI is InChI=1S/C22H23N5O3S/c28-20(23-17-9-3-1-4-10-17)15-31-22-25-24-21(26(22)18-11-5-2-6-12-18)16-8-7-13-19(14-16)27(29)30/h2,5-8,11-14,17H,1,3-4,9-10,15H2,(H,23,28). The Morgan fingerprint density at radius 2 is 1.87 bits per heavy atom. The number of aromatic nitrogens is 3. The molecule has 1 aromatic heterocycles. The molecule has 1 aliphatic rings. The van der Waals surface area contributed by atoms with Crippen LogP contribution in [0.15, 0.2) is 59.8 Å². The second kappa shape index (κ2) is 9.74. The Labute approximate surface area is 184 Å². The molecule has 0 saturated heterocycles. The van der Waals surface area contributed by atoms with E-state index in [0.29, 0.717) is 16.5 Å². The second-order valence-corrected chi connectivity index (χ2v) is 8.42. The molecule has 1 heterocycles. The number of nitrogens with zero attached hydrogens (tertiary/aromatic N) is 4. The van der Waals surface area contributed by atoms with E-state index in [-0.39, 0.29) is 23.4 Å². The highest BCUT2D eigenvalue weighted by atomic mass is 32.2. The van der Waals surface area contributed by atoms with Gasteiger partial charge in [0.05, 0.1) is 10.7 Å². The summed E-state index contributed by atoms with van der Waals surface area (Å²) in [5, 5.41) is 23.5. The Balaban J connectivity index is 1.59. The summed E-state index contributed by atoms with van der Waals surface area (Å²) in [5.41, 5.74) is 1.40. The van der Waals surface area contributed by atoms with Crippen LogP contribution in [0.4, 0.5) is 5.69 Å². The van der Waals surface area contributed by atoms with E-state index in [2.05, 4.69) is 15.5 Å². The lowest BCUT2D eigenvalue weighted by Crippen LogP contribution is -2.37. The molecule has 0 atom stereocenters. The summed E-state index contributed by atoms with van der Waals surface area (Å²) >= 11 is 1.31. The minimum absolute atomic E-state index is 0.0128. The van der Waals surface area contributed by atoms with Crippen molar-refractivity contribution in [1.82, 2.24) is 20.1 Å². The van der Waals surface area contributed by atoms with Crippen molar-refractivity contribution in [2.75, 3.05) is 5.75 Å². The van der Waals surface area contributed by atoms with Gasteiger partial charge in [0.25, 0.3) is 5.69 Å². The number of hydrogen-bond donors (Lipinski definition) is 1. The van der Waals surface area contributed by atoms with Crippen molar-refractivity contribution in [3.63, 3.8) is 0 Å². The minimum Gasteiger partial charge on any atom is -0.353 e. The maximum Gasteiger partial charge on any atom is 0.270 e. The predicted molar refractivity (Wildman–Crippen MR) is 119 cm³/mol. The van der Waals surface area contributed by atoms with E-state index in [9.17, 15) is 14.9 Å². The summed E-state index contributed by atoms with van der Waals surface area (Å²) in [6.07, 6.45) is 5.63. The Hall–Kier alpha value is -3.20. The van der Waals surface area contributed by atoms with Gasteiger partial charge in [-0.25, -0.2) is 0 Å². The van der Waals surface area contributed by atoms with Gasteiger partial charge < -0.3 is 5.32 Å². The molecule has 4 rings (SSSR count). The predicted octanol–water partition coefficient (Wildman–Crippen LogP) is 4.38. The van der Waals surface area contributed by atoms with Crippen LogP contribution in [0.1, 0.15) is 32.1 Å². The third-order valence-corrected chi connectivity index (χ3v) is 6.19. The van der Waals surface area contributed by atoms with Crippen LogP contribution in [0.2, 0.25) is 0 Å². The van der Waals surface area contributed by atoms with Gasteiger partial charge in [-0.1, -0.05) is 61.4 Å². The molecule has 0 radical (unpaired) electrons. The van der Waals surface area contributed by atoms with E-state index in [1.54, 1.807) is 12.1 Å². The van der Waals surface area contributed by atoms with E-state index in [0.717, 1.165) is 31.4 Å². The molecular weight excluding hydrogens is 414 g/mol. The molecule has 1 N–H and O–H groups in total. The second-order valence-electron chi connectivity index (χ2n) is 7.48. The lowest BCUT2D eigenvalue weighted by Gasteiger charge is -2.22. The van der Waals surface area contributed by atoms with Gasteiger partial charge in [-0.15, -0.1) is 10.2 Å². The van der Waals surface area contributed by atoms with Crippen LogP contribution < -0.4 is 5.32 Å². The molecule has 1 aliphatic carbocycles. The van der Waals surface area contributed by atoms with Crippen LogP contribution in [0.25, 0.3) is 17.1 Å². The number of thioether (sulfide) groups is 1. The van der Waals surface area contributed by atoms with Crippen molar-refractivity contribution in [2.45, 2.75) is 43.3 Å². The molecule has 0 aliphatic heterocycles. The van der Waals surface area contributed by atoms with Gasteiger partial charge in [-0.2, -0.15) is 0 Å². The van der Waals surface area contributed by atoms with E-state index in [1.807, 2.05) is 34.9 Å². The highest BCUT2D eigenvalue weighted by Crippen LogP contribution is 2.29. The molecule has 2 aromatic carbocycles. The summed E-state index contributed by atoms with van der Waals surface area (Å²) in [6.45, 7) is 0. The number of nitrogens with one attached hydrogen (secondary N) is 1. The van der Waals surface area contributed by atoms with Crippen molar-refractivity contribution >= 4 is 23.4 Å². The van der Waals surface area contributed by atoms with Crippen molar-refractivity contribution in [3.05, 3.63) is 64.7 Å². The number of para-hydroxylation sites is 1. The maximum absolute atomic E-state index is 12.5. The number of non-ortho nitro benzene ring substituents is 1. The van der Waals surface area contributed by atoms with Gasteiger partial charge in [0.2, 0.25) is 5.91 Å². The molecule has 8 nitrogen and oxygen atoms in total. The molecule has 0 bridgehead atoms. The third kappa shape index (κ3) is 5.11. The van der Waals surface area contributed by atoms with Gasteiger partial charge in [-0.05, 0) is 25.0 Å². The SMILES string of the molecule is O=C(CSc1nnc(-c2cccc([N+](=O)[O-])c2)n1-c1ccccc1)NC1CCCCC1. The molecule has 1 amide bonds. The molecule has 9 heteroatoms. The minimum atomic E-state index is -0.433. The van der Waals surface area contributed by atoms with Gasteiger partial charge >= 0.3 is 0 Å². The average Bonchev–Trinajstić information content (AvgIpc) is 3.23. The van der Waals surface area contributed by atoms with Gasteiger partial charge in [0, 0.05) is 29.4 Å². The van der Waals surface area contributed by atoms with Gasteiger partial charge in [0.15, 0.2) is 11.0 Å². The van der Waals surface area contributed by atoms with Crippen LogP contribution >= 0.6 is 11.8 Å². The number of nitro benzene ring substituents is 1. The van der Waals surface area contributed by atoms with E-state index in [1.165, 1.54) is 30.3 Å². The normalized spacial score (nSPS) is 14.3. The fraction of sp³-hybridized carbons (Fsp3) is 0.318. The zero-order chi connectivity index (χ0) is 21.6. The summed E-state index contributed by atoms with van der Waals surface area (Å²) in [4.78, 5) is 23.2. The van der Waals surface area contributed by atoms with Crippen LogP contribution in [0.5, 0.6) is 0 Å². The summed E-state index contributed by atoms with van der Waals surface area (Å²) in [5.74, 6) is 0.706. The molecule has 0 unspecified atom stereocenters. The van der Waals surface area contributed by atoms with Crippen LogP contribution in [0, 0.1) is 10.1 Å². The lowest BCUT2D eigenvalue weighted by atomic mass is 9.95. The fourth-order valence-corrected chi connectivity index (χ4v) is 4.53. The maximum atomic E-state index is 12.5. The lowest BCUT2D eigenvalue weighted by molar-refractivity contribution is -0.384. The fourth-order valence-electron chi connectivity index (χ4n) is 3.77. The largest absolute Gasteiger partial charge is 0.353 e. The number of carbonyl (C=O) groups is 1. The van der Waals surface area contributed by atoms with Crippen molar-refractivity contribution < 1.29 is 9.72 Å². The molecule has 1 saturated carbocycles. The number of nitro groups is 1. The average molecular weight is 438 g/mol. The van der Waals surface area contributed by atoms with E-state index >= 15 is 0 Å². The Morgan fingerprint density at radius 1 is 1.10 bits per heavy atom. The van der Waals surface area contributed by atoms with Crippen LogP contribution in [0.3, 0.4) is 0 Å². The molecule has 31 heavy (non-hydrogen) atoms. The zero-order valence-corrected chi connectivity index (χ0v) is 17.8. The number of carbonyl (C=O) groups excluding carboxylic acids is 1. The van der Waals surface area contributed by atoms with E-state index in [4.69, 9.17) is 0 Å². The van der Waals surface area contributed by atoms with Crippen LogP contribution in [-0.4, -0.2) is 37.4 Å². The molecule has 160 valence electrons. The first-order valence-electron chi connectivity index (χ1n) is 10.3. The molecule has 3 aromatic rings. The quantitative estimate of drug-likeness (QED) is 0.334. The Kier molecular flexibility index (Phi) is 6.61. The third-order valence-electron chi connectivity index (χ3n) is 5.27. The molecular formula is C22H23N5O3S. The number of amides is 1. The highest BCUT2D eigenvalue weighted by Gasteiger charge is 2.20. The number of hydrogen-bond acceptors (Lipinski definition) is 6. The first-order chi connectivity index (χ1) is 15.1. The van der Waals surface area contributed by atoms with Gasteiger partial charge in [-0.3, -0.25) is 19.5 Å². The molecule has 1 fully saturated rings. The van der Waals surface area contributed by atoms with Crippen LogP contribution in [-0.2, 0) is 4.79 Å². The van der Waals surface area contributed by atoms with E-state index < -0.39 is 4.92 Å². The van der Waals surface area contributed by atoms with Crippen molar-refractivity contribution in [1.29, 1.82) is 0 Å². The van der Waals surface area contributed by atoms with Gasteiger partial charge in [0.1, 0.15) is 0 Å². The molecule has 0 spiro atoms. The Morgan fingerprint density at radius 3 is 2.61 bits per heavy atom. The Bertz CT molecular complexity index is 1060. The summed E-state index contributed by atoms with van der Waals surface area (Å²) < 4.78 is 1.83. The smallest absolute Gasteiger partial charge is 0.270 e. The highest BCUT2D eigenvalue weighted by molar-refractivity contribution is 7.99. The zero-order valence-electron chi connectivity index (χ0n) is 16.9.